The van der Waals surface area contributed by atoms with E-state index >= 15 is 0 Å². The van der Waals surface area contributed by atoms with Gasteiger partial charge in [-0.3, -0.25) is 4.79 Å². The van der Waals surface area contributed by atoms with Crippen molar-refractivity contribution in [3.63, 3.8) is 0 Å². The first-order valence-electron chi connectivity index (χ1n) is 10.4. The molecule has 2 unspecified atom stereocenters. The summed E-state index contributed by atoms with van der Waals surface area (Å²) in [5.41, 5.74) is 0.995. The van der Waals surface area contributed by atoms with Gasteiger partial charge in [0, 0.05) is 24.5 Å². The van der Waals surface area contributed by atoms with E-state index in [4.69, 9.17) is 4.74 Å². The normalized spacial score (nSPS) is 19.4. The van der Waals surface area contributed by atoms with Crippen LogP contribution < -0.4 is 20.7 Å². The van der Waals surface area contributed by atoms with Gasteiger partial charge in [0.2, 0.25) is 5.91 Å². The highest BCUT2D eigenvalue weighted by atomic mass is 16.5. The fourth-order valence-corrected chi connectivity index (χ4v) is 3.39. The van der Waals surface area contributed by atoms with Crippen molar-refractivity contribution >= 4 is 11.9 Å². The van der Waals surface area contributed by atoms with Gasteiger partial charge in [-0.25, -0.2) is 4.79 Å². The SMILES string of the molecule is CC(C)COc1cccc(CNC(=O)NC2CCCC(C(=O)NC(C)C)C2)c1. The van der Waals surface area contributed by atoms with Gasteiger partial charge >= 0.3 is 6.03 Å². The van der Waals surface area contributed by atoms with Crippen LogP contribution in [-0.2, 0) is 11.3 Å². The predicted molar refractivity (Wildman–Crippen MR) is 111 cm³/mol. The molecule has 2 rings (SSSR count). The van der Waals surface area contributed by atoms with Gasteiger partial charge in [-0.15, -0.1) is 0 Å². The summed E-state index contributed by atoms with van der Waals surface area (Å²) in [5.74, 6) is 1.37. The first-order chi connectivity index (χ1) is 13.3. The lowest BCUT2D eigenvalue weighted by Crippen LogP contribution is -2.46. The average Bonchev–Trinajstić information content (AvgIpc) is 2.65. The standard InChI is InChI=1S/C22H35N3O3/c1-15(2)14-28-20-10-5-7-17(11-20)13-23-22(27)25-19-9-6-8-18(12-19)21(26)24-16(3)4/h5,7,10-11,15-16,18-19H,6,8-9,12-14H2,1-4H3,(H,24,26)(H2,23,25,27). The van der Waals surface area contributed by atoms with Crippen LogP contribution in [-0.4, -0.2) is 30.6 Å². The first kappa shape index (κ1) is 22.1. The number of benzene rings is 1. The Bertz CT molecular complexity index is 646. The molecule has 1 saturated carbocycles. The minimum Gasteiger partial charge on any atom is -0.493 e. The second kappa shape index (κ2) is 10.9. The third kappa shape index (κ3) is 7.79. The third-order valence-corrected chi connectivity index (χ3v) is 4.75. The lowest BCUT2D eigenvalue weighted by Gasteiger charge is -2.29. The Morgan fingerprint density at radius 1 is 1.18 bits per heavy atom. The second-order valence-electron chi connectivity index (χ2n) is 8.40. The first-order valence-corrected chi connectivity index (χ1v) is 10.4. The lowest BCUT2D eigenvalue weighted by molar-refractivity contribution is -0.126. The van der Waals surface area contributed by atoms with Crippen LogP contribution in [0.4, 0.5) is 4.79 Å². The molecule has 1 aliphatic carbocycles. The van der Waals surface area contributed by atoms with E-state index in [9.17, 15) is 9.59 Å². The number of hydrogen-bond acceptors (Lipinski definition) is 3. The van der Waals surface area contributed by atoms with Crippen LogP contribution in [0.3, 0.4) is 0 Å². The Balaban J connectivity index is 1.77. The van der Waals surface area contributed by atoms with Crippen molar-refractivity contribution in [3.8, 4) is 5.75 Å². The zero-order chi connectivity index (χ0) is 20.5. The van der Waals surface area contributed by atoms with Crippen molar-refractivity contribution < 1.29 is 14.3 Å². The minimum absolute atomic E-state index is 0.0174. The zero-order valence-electron chi connectivity index (χ0n) is 17.6. The zero-order valence-corrected chi connectivity index (χ0v) is 17.6. The number of amides is 3. The predicted octanol–water partition coefficient (Wildman–Crippen LogP) is 3.60. The maximum Gasteiger partial charge on any atom is 0.315 e. The van der Waals surface area contributed by atoms with Gasteiger partial charge in [-0.1, -0.05) is 32.4 Å². The molecule has 0 aromatic heterocycles. The Hall–Kier alpha value is -2.24. The second-order valence-corrected chi connectivity index (χ2v) is 8.40. The van der Waals surface area contributed by atoms with E-state index in [0.29, 0.717) is 25.5 Å². The Kier molecular flexibility index (Phi) is 8.61. The van der Waals surface area contributed by atoms with Gasteiger partial charge in [-0.2, -0.15) is 0 Å². The van der Waals surface area contributed by atoms with E-state index in [-0.39, 0.29) is 29.9 Å². The van der Waals surface area contributed by atoms with Crippen LogP contribution in [0.2, 0.25) is 0 Å². The summed E-state index contributed by atoms with van der Waals surface area (Å²) < 4.78 is 5.73. The molecule has 2 atom stereocenters. The molecule has 1 fully saturated rings. The van der Waals surface area contributed by atoms with Gasteiger partial charge in [0.15, 0.2) is 0 Å². The summed E-state index contributed by atoms with van der Waals surface area (Å²) in [6.45, 7) is 9.26. The number of nitrogens with one attached hydrogen (secondary N) is 3. The highest BCUT2D eigenvalue weighted by molar-refractivity contribution is 5.79. The molecule has 0 radical (unpaired) electrons. The molecule has 1 aromatic rings. The van der Waals surface area contributed by atoms with Crippen LogP contribution in [0.5, 0.6) is 5.75 Å². The number of urea groups is 1. The number of ether oxygens (including phenoxy) is 1. The van der Waals surface area contributed by atoms with Crippen molar-refractivity contribution in [2.24, 2.45) is 11.8 Å². The smallest absolute Gasteiger partial charge is 0.315 e. The Morgan fingerprint density at radius 2 is 1.96 bits per heavy atom. The molecular formula is C22H35N3O3. The summed E-state index contributed by atoms with van der Waals surface area (Å²) in [6, 6.07) is 7.77. The van der Waals surface area contributed by atoms with Gasteiger partial charge < -0.3 is 20.7 Å². The molecule has 156 valence electrons. The van der Waals surface area contributed by atoms with Crippen LogP contribution in [0.25, 0.3) is 0 Å². The van der Waals surface area contributed by atoms with E-state index in [1.54, 1.807) is 0 Å². The van der Waals surface area contributed by atoms with Crippen LogP contribution >= 0.6 is 0 Å². The highest BCUT2D eigenvalue weighted by Crippen LogP contribution is 2.24. The number of rotatable bonds is 8. The van der Waals surface area contributed by atoms with Crippen molar-refractivity contribution in [2.45, 2.75) is 72.0 Å². The van der Waals surface area contributed by atoms with Crippen LogP contribution in [0.15, 0.2) is 24.3 Å². The fourth-order valence-electron chi connectivity index (χ4n) is 3.39. The maximum atomic E-state index is 12.3. The van der Waals surface area contributed by atoms with Crippen LogP contribution in [0.1, 0.15) is 58.9 Å². The summed E-state index contributed by atoms with van der Waals surface area (Å²) in [7, 11) is 0. The van der Waals surface area contributed by atoms with Gasteiger partial charge in [0.25, 0.3) is 0 Å². The van der Waals surface area contributed by atoms with E-state index in [1.165, 1.54) is 0 Å². The number of hydrogen-bond donors (Lipinski definition) is 3. The van der Waals surface area contributed by atoms with E-state index in [0.717, 1.165) is 30.6 Å². The largest absolute Gasteiger partial charge is 0.493 e. The molecular weight excluding hydrogens is 354 g/mol. The maximum absolute atomic E-state index is 12.3. The molecule has 3 amide bonds. The summed E-state index contributed by atoms with van der Waals surface area (Å²) in [4.78, 5) is 24.5. The quantitative estimate of drug-likeness (QED) is 0.635. The topological polar surface area (TPSA) is 79.5 Å². The van der Waals surface area contributed by atoms with Crippen molar-refractivity contribution in [2.75, 3.05) is 6.61 Å². The molecule has 3 N–H and O–H groups in total. The number of carbonyl (C=O) groups excluding carboxylic acids is 2. The molecule has 1 aromatic carbocycles. The molecule has 0 bridgehead atoms. The molecule has 0 heterocycles. The molecule has 28 heavy (non-hydrogen) atoms. The molecule has 6 heteroatoms. The molecule has 0 spiro atoms. The van der Waals surface area contributed by atoms with Crippen molar-refractivity contribution in [1.29, 1.82) is 0 Å². The number of carbonyl (C=O) groups is 2. The molecule has 0 aliphatic heterocycles. The van der Waals surface area contributed by atoms with Crippen molar-refractivity contribution in [1.82, 2.24) is 16.0 Å². The van der Waals surface area contributed by atoms with Gasteiger partial charge in [0.1, 0.15) is 5.75 Å². The minimum atomic E-state index is -0.191. The van der Waals surface area contributed by atoms with Gasteiger partial charge in [0.05, 0.1) is 6.61 Å². The molecule has 0 saturated heterocycles. The third-order valence-electron chi connectivity index (χ3n) is 4.75. The van der Waals surface area contributed by atoms with Gasteiger partial charge in [-0.05, 0) is 56.7 Å². The summed E-state index contributed by atoms with van der Waals surface area (Å²) in [6.07, 6.45) is 3.46. The summed E-state index contributed by atoms with van der Waals surface area (Å²) in [5, 5.41) is 8.91. The molecule has 6 nitrogen and oxygen atoms in total. The Morgan fingerprint density at radius 3 is 2.68 bits per heavy atom. The summed E-state index contributed by atoms with van der Waals surface area (Å²) >= 11 is 0. The van der Waals surface area contributed by atoms with E-state index < -0.39 is 0 Å². The Labute approximate surface area is 168 Å². The average molecular weight is 390 g/mol. The van der Waals surface area contributed by atoms with Crippen LogP contribution in [0, 0.1) is 11.8 Å². The lowest BCUT2D eigenvalue weighted by atomic mass is 9.85. The monoisotopic (exact) mass is 389 g/mol. The van der Waals surface area contributed by atoms with Crippen molar-refractivity contribution in [3.05, 3.63) is 29.8 Å². The van der Waals surface area contributed by atoms with E-state index in [1.807, 2.05) is 38.1 Å². The fraction of sp³-hybridized carbons (Fsp3) is 0.636. The van der Waals surface area contributed by atoms with E-state index in [2.05, 4.69) is 29.8 Å². The molecule has 1 aliphatic rings. The highest BCUT2D eigenvalue weighted by Gasteiger charge is 2.28.